The standard InChI is InChI=1S/C21H20F3N3O2S2/c22-21(23,24)15-11-14(27-7-9-29-10-8-27)5-6-16(15)25-19(28)12-30-13-20-26-17-3-1-2-4-18(17)31-20/h1-6,11H,7-10,12-13H2,(H,25,28). The van der Waals surface area contributed by atoms with E-state index >= 15 is 0 Å². The molecule has 31 heavy (non-hydrogen) atoms. The van der Waals surface area contributed by atoms with Crippen molar-refractivity contribution in [3.8, 4) is 0 Å². The summed E-state index contributed by atoms with van der Waals surface area (Å²) in [5, 5.41) is 3.30. The lowest BCUT2D eigenvalue weighted by Gasteiger charge is -2.29. The number of amides is 1. The summed E-state index contributed by atoms with van der Waals surface area (Å²) >= 11 is 2.87. The Morgan fingerprint density at radius 3 is 2.71 bits per heavy atom. The number of para-hydroxylation sites is 1. The molecule has 1 amide bonds. The molecule has 1 saturated heterocycles. The summed E-state index contributed by atoms with van der Waals surface area (Å²) < 4.78 is 47.2. The number of ether oxygens (including phenoxy) is 1. The zero-order chi connectivity index (χ0) is 21.8. The van der Waals surface area contributed by atoms with E-state index in [9.17, 15) is 18.0 Å². The number of hydrogen-bond donors (Lipinski definition) is 1. The second-order valence-electron chi connectivity index (χ2n) is 6.94. The third-order valence-electron chi connectivity index (χ3n) is 4.76. The predicted molar refractivity (Wildman–Crippen MR) is 119 cm³/mol. The van der Waals surface area contributed by atoms with E-state index < -0.39 is 17.6 Å². The zero-order valence-electron chi connectivity index (χ0n) is 16.4. The van der Waals surface area contributed by atoms with E-state index in [2.05, 4.69) is 10.3 Å². The molecule has 10 heteroatoms. The van der Waals surface area contributed by atoms with Gasteiger partial charge in [0.25, 0.3) is 0 Å². The Labute approximate surface area is 185 Å². The van der Waals surface area contributed by atoms with Gasteiger partial charge < -0.3 is 15.0 Å². The summed E-state index contributed by atoms with van der Waals surface area (Å²) in [7, 11) is 0. The number of alkyl halides is 3. The molecule has 5 nitrogen and oxygen atoms in total. The monoisotopic (exact) mass is 467 g/mol. The van der Waals surface area contributed by atoms with Crippen molar-refractivity contribution in [3.63, 3.8) is 0 Å². The molecule has 1 N–H and O–H groups in total. The van der Waals surface area contributed by atoms with Gasteiger partial charge in [-0.3, -0.25) is 4.79 Å². The van der Waals surface area contributed by atoms with Crippen molar-refractivity contribution in [2.75, 3.05) is 42.3 Å². The van der Waals surface area contributed by atoms with Crippen LogP contribution in [-0.2, 0) is 21.5 Å². The third kappa shape index (κ3) is 5.50. The minimum Gasteiger partial charge on any atom is -0.378 e. The van der Waals surface area contributed by atoms with Crippen molar-refractivity contribution >= 4 is 50.6 Å². The van der Waals surface area contributed by atoms with Crippen LogP contribution in [0.5, 0.6) is 0 Å². The molecular formula is C21H20F3N3O2S2. The minimum atomic E-state index is -4.57. The Hall–Kier alpha value is -2.30. The van der Waals surface area contributed by atoms with Crippen molar-refractivity contribution < 1.29 is 22.7 Å². The van der Waals surface area contributed by atoms with Gasteiger partial charge in [-0.25, -0.2) is 4.98 Å². The van der Waals surface area contributed by atoms with E-state index in [1.165, 1.54) is 17.8 Å². The van der Waals surface area contributed by atoms with Crippen molar-refractivity contribution in [2.45, 2.75) is 11.9 Å². The van der Waals surface area contributed by atoms with Gasteiger partial charge >= 0.3 is 6.18 Å². The molecule has 0 aliphatic carbocycles. The number of halogens is 3. The summed E-state index contributed by atoms with van der Waals surface area (Å²) in [6.45, 7) is 2.02. The van der Waals surface area contributed by atoms with E-state index in [0.717, 1.165) is 21.3 Å². The maximum absolute atomic E-state index is 13.6. The number of aromatic nitrogens is 1. The van der Waals surface area contributed by atoms with Crippen LogP contribution < -0.4 is 10.2 Å². The summed E-state index contributed by atoms with van der Waals surface area (Å²) in [4.78, 5) is 18.6. The van der Waals surface area contributed by atoms with Crippen molar-refractivity contribution in [3.05, 3.63) is 53.0 Å². The highest BCUT2D eigenvalue weighted by Gasteiger charge is 2.34. The van der Waals surface area contributed by atoms with Crippen LogP contribution in [0.3, 0.4) is 0 Å². The number of benzene rings is 2. The second kappa shape index (κ2) is 9.46. The van der Waals surface area contributed by atoms with Gasteiger partial charge in [-0.05, 0) is 30.3 Å². The number of morpholine rings is 1. The molecular weight excluding hydrogens is 447 g/mol. The highest BCUT2D eigenvalue weighted by atomic mass is 32.2. The second-order valence-corrected chi connectivity index (χ2v) is 9.04. The van der Waals surface area contributed by atoms with Crippen molar-refractivity contribution in [2.24, 2.45) is 0 Å². The molecule has 2 heterocycles. The predicted octanol–water partition coefficient (Wildman–Crippen LogP) is 5.02. The minimum absolute atomic E-state index is 0.0401. The number of nitrogens with one attached hydrogen (secondary N) is 1. The fraction of sp³-hybridized carbons (Fsp3) is 0.333. The van der Waals surface area contributed by atoms with E-state index in [1.54, 1.807) is 17.4 Å². The van der Waals surface area contributed by atoms with Crippen LogP contribution in [-0.4, -0.2) is 42.9 Å². The smallest absolute Gasteiger partial charge is 0.378 e. The fourth-order valence-corrected chi connectivity index (χ4v) is 5.14. The molecule has 0 unspecified atom stereocenters. The summed E-state index contributed by atoms with van der Waals surface area (Å²) in [5.74, 6) is 0.0866. The molecule has 1 aliphatic heterocycles. The topological polar surface area (TPSA) is 54.5 Å². The number of rotatable bonds is 6. The Balaban J connectivity index is 1.39. The van der Waals surface area contributed by atoms with Gasteiger partial charge in [0.15, 0.2) is 0 Å². The van der Waals surface area contributed by atoms with Crippen LogP contribution in [0.4, 0.5) is 24.5 Å². The first-order valence-corrected chi connectivity index (χ1v) is 11.6. The summed E-state index contributed by atoms with van der Waals surface area (Å²) in [6.07, 6.45) is -4.57. The van der Waals surface area contributed by atoms with E-state index in [4.69, 9.17) is 4.74 Å². The van der Waals surface area contributed by atoms with Gasteiger partial charge in [-0.15, -0.1) is 23.1 Å². The molecule has 164 valence electrons. The number of thiazole rings is 1. The van der Waals surface area contributed by atoms with Crippen molar-refractivity contribution in [1.29, 1.82) is 0 Å². The number of anilines is 2. The number of carbonyl (C=O) groups is 1. The lowest BCUT2D eigenvalue weighted by Crippen LogP contribution is -2.36. The molecule has 1 aromatic heterocycles. The average Bonchev–Trinajstić information content (AvgIpc) is 3.16. The average molecular weight is 468 g/mol. The number of carbonyl (C=O) groups excluding carboxylic acids is 1. The van der Waals surface area contributed by atoms with Gasteiger partial charge in [-0.1, -0.05) is 12.1 Å². The van der Waals surface area contributed by atoms with Gasteiger partial charge in [0, 0.05) is 24.5 Å². The first-order chi connectivity index (χ1) is 14.9. The molecule has 0 radical (unpaired) electrons. The van der Waals surface area contributed by atoms with E-state index in [-0.39, 0.29) is 11.4 Å². The Morgan fingerprint density at radius 2 is 1.97 bits per heavy atom. The Morgan fingerprint density at radius 1 is 1.19 bits per heavy atom. The molecule has 4 rings (SSSR count). The molecule has 0 atom stereocenters. The summed E-state index contributed by atoms with van der Waals surface area (Å²) in [6, 6.07) is 11.8. The molecule has 0 spiro atoms. The molecule has 2 aromatic carbocycles. The van der Waals surface area contributed by atoms with Gasteiger partial charge in [-0.2, -0.15) is 13.2 Å². The third-order valence-corrected chi connectivity index (χ3v) is 6.92. The first kappa shape index (κ1) is 21.9. The lowest BCUT2D eigenvalue weighted by molar-refractivity contribution is -0.136. The largest absolute Gasteiger partial charge is 0.418 e. The van der Waals surface area contributed by atoms with Gasteiger partial charge in [0.05, 0.1) is 40.4 Å². The van der Waals surface area contributed by atoms with Gasteiger partial charge in [0.2, 0.25) is 5.91 Å². The maximum Gasteiger partial charge on any atom is 0.418 e. The lowest BCUT2D eigenvalue weighted by atomic mass is 10.1. The van der Waals surface area contributed by atoms with Crippen LogP contribution in [0.2, 0.25) is 0 Å². The molecule has 1 aliphatic rings. The normalized spacial score (nSPS) is 14.7. The first-order valence-electron chi connectivity index (χ1n) is 9.66. The quantitative estimate of drug-likeness (QED) is 0.552. The van der Waals surface area contributed by atoms with Crippen LogP contribution in [0.25, 0.3) is 10.2 Å². The van der Waals surface area contributed by atoms with Crippen LogP contribution in [0, 0.1) is 0 Å². The molecule has 1 fully saturated rings. The zero-order valence-corrected chi connectivity index (χ0v) is 18.1. The highest BCUT2D eigenvalue weighted by Crippen LogP contribution is 2.37. The van der Waals surface area contributed by atoms with E-state index in [0.29, 0.717) is 37.7 Å². The summed E-state index contributed by atoms with van der Waals surface area (Å²) in [5.41, 5.74) is 0.303. The maximum atomic E-state index is 13.6. The van der Waals surface area contributed by atoms with Crippen LogP contribution >= 0.6 is 23.1 Å². The molecule has 0 saturated carbocycles. The highest BCUT2D eigenvalue weighted by molar-refractivity contribution is 7.99. The SMILES string of the molecule is O=C(CSCc1nc2ccccc2s1)Nc1ccc(N2CCOCC2)cc1C(F)(F)F. The Bertz CT molecular complexity index is 1030. The number of thioether (sulfide) groups is 1. The number of nitrogens with zero attached hydrogens (tertiary/aromatic N) is 2. The fourth-order valence-electron chi connectivity index (χ4n) is 3.29. The van der Waals surface area contributed by atoms with Gasteiger partial charge in [0.1, 0.15) is 5.01 Å². The Kier molecular flexibility index (Phi) is 6.68. The van der Waals surface area contributed by atoms with E-state index in [1.807, 2.05) is 29.2 Å². The molecule has 0 bridgehead atoms. The van der Waals surface area contributed by atoms with Crippen LogP contribution in [0.15, 0.2) is 42.5 Å². The van der Waals surface area contributed by atoms with Crippen molar-refractivity contribution in [1.82, 2.24) is 4.98 Å². The number of fused-ring (bicyclic) bond motifs is 1. The number of hydrogen-bond acceptors (Lipinski definition) is 6. The van der Waals surface area contributed by atoms with Crippen LogP contribution in [0.1, 0.15) is 10.6 Å². The molecule has 3 aromatic rings.